The molecule has 1 amide bonds. The van der Waals surface area contributed by atoms with Gasteiger partial charge in [0, 0.05) is 29.1 Å². The van der Waals surface area contributed by atoms with Crippen LogP contribution >= 0.6 is 11.6 Å². The number of nitro benzene ring substituents is 1. The zero-order valence-corrected chi connectivity index (χ0v) is 11.2. The van der Waals surface area contributed by atoms with Crippen molar-refractivity contribution in [1.29, 1.82) is 0 Å². The van der Waals surface area contributed by atoms with Crippen molar-refractivity contribution in [2.45, 2.75) is 6.92 Å². The minimum Gasteiger partial charge on any atom is -0.322 e. The highest BCUT2D eigenvalue weighted by Crippen LogP contribution is 2.18. The molecule has 0 bridgehead atoms. The Morgan fingerprint density at radius 3 is 2.75 bits per heavy atom. The van der Waals surface area contributed by atoms with E-state index in [1.807, 2.05) is 0 Å². The number of carbonyl (C=O) groups excluding carboxylic acids is 1. The maximum Gasteiger partial charge on any atom is 0.271 e. The van der Waals surface area contributed by atoms with E-state index in [4.69, 9.17) is 11.6 Å². The molecule has 0 aliphatic heterocycles. The molecule has 7 heteroatoms. The fourth-order valence-corrected chi connectivity index (χ4v) is 1.91. The van der Waals surface area contributed by atoms with Crippen molar-refractivity contribution >= 4 is 28.9 Å². The highest BCUT2D eigenvalue weighted by atomic mass is 35.5. The minimum atomic E-state index is -0.525. The topological polar surface area (TPSA) is 85.1 Å². The number of carbonyl (C=O) groups is 1. The molecule has 0 radical (unpaired) electrons. The third-order valence-electron chi connectivity index (χ3n) is 2.50. The fraction of sp³-hybridized carbons (Fsp3) is 0.0769. The molecule has 0 saturated carbocycles. The van der Waals surface area contributed by atoms with E-state index in [1.165, 1.54) is 24.3 Å². The lowest BCUT2D eigenvalue weighted by Gasteiger charge is -2.06. The number of halogens is 1. The molecule has 1 aromatic carbocycles. The van der Waals surface area contributed by atoms with E-state index in [1.54, 1.807) is 19.1 Å². The Labute approximate surface area is 119 Å². The number of anilines is 1. The number of non-ortho nitro benzene ring substituents is 1. The molecule has 20 heavy (non-hydrogen) atoms. The molecule has 0 aliphatic carbocycles. The van der Waals surface area contributed by atoms with Crippen LogP contribution in [0.3, 0.4) is 0 Å². The first-order valence-corrected chi connectivity index (χ1v) is 6.03. The van der Waals surface area contributed by atoms with Gasteiger partial charge in [-0.05, 0) is 25.1 Å². The summed E-state index contributed by atoms with van der Waals surface area (Å²) in [7, 11) is 0. The summed E-state index contributed by atoms with van der Waals surface area (Å²) < 4.78 is 0. The molecule has 0 atom stereocenters. The van der Waals surface area contributed by atoms with Crippen LogP contribution in [0.4, 0.5) is 11.4 Å². The van der Waals surface area contributed by atoms with Crippen molar-refractivity contribution in [3.63, 3.8) is 0 Å². The summed E-state index contributed by atoms with van der Waals surface area (Å²) in [6.07, 6.45) is 0. The number of nitrogens with one attached hydrogen (secondary N) is 1. The fourth-order valence-electron chi connectivity index (χ4n) is 1.66. The molecule has 2 aromatic rings. The summed E-state index contributed by atoms with van der Waals surface area (Å²) in [5, 5.41) is 13.5. The quantitative estimate of drug-likeness (QED) is 0.534. The van der Waals surface area contributed by atoms with Gasteiger partial charge in [-0.1, -0.05) is 17.7 Å². The summed E-state index contributed by atoms with van der Waals surface area (Å²) in [5.74, 6) is -0.405. The third-order valence-corrected chi connectivity index (χ3v) is 2.69. The average molecular weight is 292 g/mol. The van der Waals surface area contributed by atoms with E-state index in [0.717, 1.165) is 0 Å². The van der Waals surface area contributed by atoms with Crippen molar-refractivity contribution in [2.24, 2.45) is 0 Å². The van der Waals surface area contributed by atoms with Crippen LogP contribution in [0.25, 0.3) is 0 Å². The molecule has 102 valence electrons. The smallest absolute Gasteiger partial charge is 0.271 e. The lowest BCUT2D eigenvalue weighted by Crippen LogP contribution is -2.12. The van der Waals surface area contributed by atoms with Crippen LogP contribution in [0.1, 0.15) is 16.1 Å². The summed E-state index contributed by atoms with van der Waals surface area (Å²) in [6, 6.07) is 8.72. The molecule has 0 saturated heterocycles. The van der Waals surface area contributed by atoms with Crippen molar-refractivity contribution in [3.8, 4) is 0 Å². The number of amides is 1. The first-order valence-electron chi connectivity index (χ1n) is 5.66. The molecule has 0 aliphatic rings. The SMILES string of the molecule is Cc1cc(C(=O)Nc2cccc([N+](=O)[O-])c2)cc(Cl)n1. The molecule has 1 heterocycles. The van der Waals surface area contributed by atoms with E-state index < -0.39 is 10.8 Å². The van der Waals surface area contributed by atoms with E-state index in [2.05, 4.69) is 10.3 Å². The number of pyridine rings is 1. The van der Waals surface area contributed by atoms with Gasteiger partial charge in [-0.25, -0.2) is 4.98 Å². The van der Waals surface area contributed by atoms with Crippen LogP contribution in [-0.4, -0.2) is 15.8 Å². The number of hydrogen-bond acceptors (Lipinski definition) is 4. The standard InChI is InChI=1S/C13H10ClN3O3/c1-8-5-9(6-12(14)15-8)13(18)16-10-3-2-4-11(7-10)17(19)20/h2-7H,1H3,(H,16,18). The van der Waals surface area contributed by atoms with Crippen LogP contribution in [-0.2, 0) is 0 Å². The summed E-state index contributed by atoms with van der Waals surface area (Å²) in [4.78, 5) is 26.1. The maximum absolute atomic E-state index is 12.0. The predicted octanol–water partition coefficient (Wildman–Crippen LogP) is 3.20. The van der Waals surface area contributed by atoms with Gasteiger partial charge in [0.1, 0.15) is 5.15 Å². The van der Waals surface area contributed by atoms with Crippen molar-refractivity contribution < 1.29 is 9.72 Å². The van der Waals surface area contributed by atoms with Crippen LogP contribution in [0, 0.1) is 17.0 Å². The number of hydrogen-bond donors (Lipinski definition) is 1. The first kappa shape index (κ1) is 14.0. The maximum atomic E-state index is 12.0. The predicted molar refractivity (Wildman–Crippen MR) is 75.0 cm³/mol. The number of nitro groups is 1. The van der Waals surface area contributed by atoms with Gasteiger partial charge in [0.05, 0.1) is 4.92 Å². The van der Waals surface area contributed by atoms with Crippen LogP contribution in [0.2, 0.25) is 5.15 Å². The van der Waals surface area contributed by atoms with E-state index in [9.17, 15) is 14.9 Å². The Morgan fingerprint density at radius 2 is 2.10 bits per heavy atom. The molecular weight excluding hydrogens is 282 g/mol. The number of aryl methyl sites for hydroxylation is 1. The van der Waals surface area contributed by atoms with Crippen molar-refractivity contribution in [2.75, 3.05) is 5.32 Å². The van der Waals surface area contributed by atoms with Gasteiger partial charge in [0.2, 0.25) is 0 Å². The molecule has 1 aromatic heterocycles. The number of nitrogens with zero attached hydrogens (tertiary/aromatic N) is 2. The lowest BCUT2D eigenvalue weighted by atomic mass is 10.2. The zero-order valence-electron chi connectivity index (χ0n) is 10.5. The lowest BCUT2D eigenvalue weighted by molar-refractivity contribution is -0.384. The molecule has 6 nitrogen and oxygen atoms in total. The molecule has 0 spiro atoms. The summed E-state index contributed by atoms with van der Waals surface area (Å²) >= 11 is 5.78. The van der Waals surface area contributed by atoms with Gasteiger partial charge in [0.15, 0.2) is 0 Å². The Hall–Kier alpha value is -2.47. The monoisotopic (exact) mass is 291 g/mol. The number of aromatic nitrogens is 1. The highest BCUT2D eigenvalue weighted by molar-refractivity contribution is 6.29. The van der Waals surface area contributed by atoms with Crippen LogP contribution < -0.4 is 5.32 Å². The Morgan fingerprint density at radius 1 is 1.35 bits per heavy atom. The summed E-state index contributed by atoms with van der Waals surface area (Å²) in [5.41, 5.74) is 1.21. The third kappa shape index (κ3) is 3.30. The Balaban J connectivity index is 2.23. The van der Waals surface area contributed by atoms with Gasteiger partial charge in [0.25, 0.3) is 11.6 Å². The van der Waals surface area contributed by atoms with E-state index >= 15 is 0 Å². The number of benzene rings is 1. The Kier molecular flexibility index (Phi) is 3.95. The molecule has 0 unspecified atom stereocenters. The van der Waals surface area contributed by atoms with Gasteiger partial charge in [-0.15, -0.1) is 0 Å². The second-order valence-electron chi connectivity index (χ2n) is 4.08. The molecule has 2 rings (SSSR count). The van der Waals surface area contributed by atoms with E-state index in [0.29, 0.717) is 16.9 Å². The normalized spacial score (nSPS) is 10.1. The van der Waals surface area contributed by atoms with E-state index in [-0.39, 0.29) is 10.8 Å². The number of rotatable bonds is 3. The van der Waals surface area contributed by atoms with Crippen LogP contribution in [0.5, 0.6) is 0 Å². The van der Waals surface area contributed by atoms with Gasteiger partial charge < -0.3 is 5.32 Å². The molecule has 0 fully saturated rings. The van der Waals surface area contributed by atoms with Gasteiger partial charge in [-0.2, -0.15) is 0 Å². The van der Waals surface area contributed by atoms with Crippen LogP contribution in [0.15, 0.2) is 36.4 Å². The zero-order chi connectivity index (χ0) is 14.7. The minimum absolute atomic E-state index is 0.0910. The van der Waals surface area contributed by atoms with Crippen molar-refractivity contribution in [1.82, 2.24) is 4.98 Å². The second-order valence-corrected chi connectivity index (χ2v) is 4.47. The Bertz CT molecular complexity index is 668. The average Bonchev–Trinajstić information content (AvgIpc) is 2.37. The first-order chi connectivity index (χ1) is 9.45. The van der Waals surface area contributed by atoms with Gasteiger partial charge in [-0.3, -0.25) is 14.9 Å². The molecular formula is C13H10ClN3O3. The molecule has 1 N–H and O–H groups in total. The highest BCUT2D eigenvalue weighted by Gasteiger charge is 2.11. The van der Waals surface area contributed by atoms with Crippen molar-refractivity contribution in [3.05, 3.63) is 62.9 Å². The largest absolute Gasteiger partial charge is 0.322 e. The van der Waals surface area contributed by atoms with Gasteiger partial charge >= 0.3 is 0 Å². The second kappa shape index (κ2) is 5.66. The summed E-state index contributed by atoms with van der Waals surface area (Å²) in [6.45, 7) is 1.72.